The number of hydrazone groups is 1. The first-order valence-electron chi connectivity index (χ1n) is 9.15. The standard InChI is InChI=1S/C20H29N3O4/c1-6-16(20(26)27-7-2)15(5)22-23-19(25)11-10-18(24)21-17-12-13(3)8-9-14(17)4/h8-9,12,16H,6-7,10-11H2,1-5H3,(H,21,24)(H,23,25)/b22-15+. The Morgan fingerprint density at radius 3 is 2.41 bits per heavy atom. The van der Waals surface area contributed by atoms with Gasteiger partial charge in [-0.2, -0.15) is 5.10 Å². The molecule has 0 fully saturated rings. The molecule has 148 valence electrons. The summed E-state index contributed by atoms with van der Waals surface area (Å²) >= 11 is 0. The van der Waals surface area contributed by atoms with Crippen molar-refractivity contribution in [2.24, 2.45) is 11.0 Å². The molecule has 0 aromatic heterocycles. The number of rotatable bonds is 9. The van der Waals surface area contributed by atoms with Gasteiger partial charge in [0.2, 0.25) is 11.8 Å². The second-order valence-electron chi connectivity index (χ2n) is 6.37. The van der Waals surface area contributed by atoms with E-state index in [1.54, 1.807) is 13.8 Å². The maximum Gasteiger partial charge on any atom is 0.314 e. The van der Waals surface area contributed by atoms with Gasteiger partial charge < -0.3 is 10.1 Å². The summed E-state index contributed by atoms with van der Waals surface area (Å²) in [5.74, 6) is -1.47. The zero-order valence-electron chi connectivity index (χ0n) is 16.7. The summed E-state index contributed by atoms with van der Waals surface area (Å²) in [7, 11) is 0. The molecule has 0 aliphatic carbocycles. The molecule has 0 radical (unpaired) electrons. The molecular weight excluding hydrogens is 346 g/mol. The van der Waals surface area contributed by atoms with Crippen LogP contribution in [0.4, 0.5) is 5.69 Å². The Balaban J connectivity index is 2.51. The van der Waals surface area contributed by atoms with Crippen LogP contribution in [0.1, 0.15) is 51.2 Å². The molecule has 0 heterocycles. The van der Waals surface area contributed by atoms with E-state index < -0.39 is 5.92 Å². The fraction of sp³-hybridized carbons (Fsp3) is 0.500. The van der Waals surface area contributed by atoms with Crippen LogP contribution in [0, 0.1) is 19.8 Å². The Kier molecular flexibility index (Phi) is 9.19. The molecule has 1 aromatic rings. The molecule has 2 N–H and O–H groups in total. The van der Waals surface area contributed by atoms with Crippen LogP contribution in [0.25, 0.3) is 0 Å². The summed E-state index contributed by atoms with van der Waals surface area (Å²) in [5, 5.41) is 6.78. The minimum atomic E-state index is -0.488. The molecule has 1 rings (SSSR count). The molecule has 27 heavy (non-hydrogen) atoms. The number of carbonyl (C=O) groups is 3. The fourth-order valence-corrected chi connectivity index (χ4v) is 2.47. The number of hydrogen-bond acceptors (Lipinski definition) is 5. The lowest BCUT2D eigenvalue weighted by Crippen LogP contribution is -2.27. The largest absolute Gasteiger partial charge is 0.465 e. The van der Waals surface area contributed by atoms with Gasteiger partial charge in [0.05, 0.1) is 12.5 Å². The molecule has 2 amide bonds. The summed E-state index contributed by atoms with van der Waals surface area (Å²) in [5.41, 5.74) is 5.62. The smallest absolute Gasteiger partial charge is 0.314 e. The van der Waals surface area contributed by atoms with E-state index in [9.17, 15) is 14.4 Å². The number of ether oxygens (including phenoxy) is 1. The summed E-state index contributed by atoms with van der Waals surface area (Å²) < 4.78 is 4.99. The van der Waals surface area contributed by atoms with E-state index in [1.165, 1.54) is 0 Å². The Labute approximate surface area is 160 Å². The highest BCUT2D eigenvalue weighted by molar-refractivity contribution is 6.01. The van der Waals surface area contributed by atoms with Crippen molar-refractivity contribution in [1.82, 2.24) is 5.43 Å². The van der Waals surface area contributed by atoms with E-state index in [1.807, 2.05) is 39.0 Å². The van der Waals surface area contributed by atoms with Crippen LogP contribution >= 0.6 is 0 Å². The SMILES string of the molecule is CCOC(=O)C(CC)/C(C)=N/NC(=O)CCC(=O)Nc1cc(C)ccc1C. The van der Waals surface area contributed by atoms with Crippen molar-refractivity contribution in [3.8, 4) is 0 Å². The highest BCUT2D eigenvalue weighted by atomic mass is 16.5. The number of nitrogens with one attached hydrogen (secondary N) is 2. The first kappa shape index (κ1) is 22.3. The molecule has 1 atom stereocenters. The van der Waals surface area contributed by atoms with Crippen molar-refractivity contribution in [3.05, 3.63) is 29.3 Å². The molecule has 1 unspecified atom stereocenters. The van der Waals surface area contributed by atoms with Gasteiger partial charge in [-0.05, 0) is 51.3 Å². The van der Waals surface area contributed by atoms with Crippen LogP contribution in [0.15, 0.2) is 23.3 Å². The van der Waals surface area contributed by atoms with Crippen LogP contribution in [0.3, 0.4) is 0 Å². The fourth-order valence-electron chi connectivity index (χ4n) is 2.47. The first-order chi connectivity index (χ1) is 12.8. The Morgan fingerprint density at radius 1 is 1.11 bits per heavy atom. The van der Waals surface area contributed by atoms with Gasteiger partial charge in [-0.25, -0.2) is 5.43 Å². The lowest BCUT2D eigenvalue weighted by molar-refractivity contribution is -0.145. The number of aryl methyl sites for hydroxylation is 2. The number of esters is 1. The Hall–Kier alpha value is -2.70. The van der Waals surface area contributed by atoms with Gasteiger partial charge >= 0.3 is 5.97 Å². The Morgan fingerprint density at radius 2 is 1.78 bits per heavy atom. The van der Waals surface area contributed by atoms with E-state index in [2.05, 4.69) is 15.8 Å². The van der Waals surface area contributed by atoms with E-state index in [4.69, 9.17) is 4.74 Å². The number of nitrogens with zero attached hydrogens (tertiary/aromatic N) is 1. The topological polar surface area (TPSA) is 96.9 Å². The third kappa shape index (κ3) is 7.60. The molecule has 0 spiro atoms. The summed E-state index contributed by atoms with van der Waals surface area (Å²) in [6, 6.07) is 5.79. The predicted octanol–water partition coefficient (Wildman–Crippen LogP) is 3.10. The van der Waals surface area contributed by atoms with Gasteiger partial charge in [0.25, 0.3) is 0 Å². The van der Waals surface area contributed by atoms with Gasteiger partial charge in [-0.3, -0.25) is 14.4 Å². The molecule has 0 saturated heterocycles. The van der Waals surface area contributed by atoms with Gasteiger partial charge in [-0.1, -0.05) is 19.1 Å². The van der Waals surface area contributed by atoms with Gasteiger partial charge in [0.15, 0.2) is 0 Å². The van der Waals surface area contributed by atoms with Crippen molar-refractivity contribution < 1.29 is 19.1 Å². The predicted molar refractivity (Wildman–Crippen MR) is 105 cm³/mol. The van der Waals surface area contributed by atoms with Crippen molar-refractivity contribution in [1.29, 1.82) is 0 Å². The highest BCUT2D eigenvalue weighted by Gasteiger charge is 2.21. The normalized spacial score (nSPS) is 12.3. The molecular formula is C20H29N3O4. The molecule has 1 aromatic carbocycles. The van der Waals surface area contributed by atoms with Crippen LogP contribution in [-0.2, 0) is 19.1 Å². The molecule has 7 heteroatoms. The second kappa shape index (κ2) is 11.1. The number of hydrogen-bond donors (Lipinski definition) is 2. The lowest BCUT2D eigenvalue weighted by atomic mass is 10.0. The third-order valence-electron chi connectivity index (χ3n) is 4.09. The summed E-state index contributed by atoms with van der Waals surface area (Å²) in [6.45, 7) is 9.40. The number of anilines is 1. The maximum atomic E-state index is 12.0. The number of amides is 2. The van der Waals surface area contributed by atoms with Crippen LogP contribution < -0.4 is 10.7 Å². The van der Waals surface area contributed by atoms with Crippen LogP contribution in [0.2, 0.25) is 0 Å². The summed E-state index contributed by atoms with van der Waals surface area (Å²) in [6.07, 6.45) is 0.578. The second-order valence-corrected chi connectivity index (χ2v) is 6.37. The molecule has 0 aliphatic heterocycles. The number of benzene rings is 1. The lowest BCUT2D eigenvalue weighted by Gasteiger charge is -2.13. The average Bonchev–Trinajstić information content (AvgIpc) is 2.62. The molecule has 0 bridgehead atoms. The third-order valence-corrected chi connectivity index (χ3v) is 4.09. The van der Waals surface area contributed by atoms with Crippen LogP contribution in [0.5, 0.6) is 0 Å². The minimum Gasteiger partial charge on any atom is -0.465 e. The maximum absolute atomic E-state index is 12.0. The summed E-state index contributed by atoms with van der Waals surface area (Å²) in [4.78, 5) is 35.8. The van der Waals surface area contributed by atoms with Gasteiger partial charge in [0.1, 0.15) is 0 Å². The zero-order chi connectivity index (χ0) is 20.4. The van der Waals surface area contributed by atoms with E-state index in [0.717, 1.165) is 16.8 Å². The van der Waals surface area contributed by atoms with Crippen molar-refractivity contribution in [3.63, 3.8) is 0 Å². The van der Waals surface area contributed by atoms with Crippen molar-refractivity contribution in [2.75, 3.05) is 11.9 Å². The van der Waals surface area contributed by atoms with E-state index in [-0.39, 0.29) is 30.6 Å². The molecule has 0 aliphatic rings. The Bertz CT molecular complexity index is 713. The van der Waals surface area contributed by atoms with E-state index >= 15 is 0 Å². The first-order valence-corrected chi connectivity index (χ1v) is 9.15. The average molecular weight is 375 g/mol. The molecule has 7 nitrogen and oxygen atoms in total. The zero-order valence-corrected chi connectivity index (χ0v) is 16.7. The highest BCUT2D eigenvalue weighted by Crippen LogP contribution is 2.16. The number of carbonyl (C=O) groups excluding carboxylic acids is 3. The van der Waals surface area contributed by atoms with Gasteiger partial charge in [-0.15, -0.1) is 0 Å². The monoisotopic (exact) mass is 375 g/mol. The van der Waals surface area contributed by atoms with Crippen LogP contribution in [-0.4, -0.2) is 30.1 Å². The quantitative estimate of drug-likeness (QED) is 0.394. The van der Waals surface area contributed by atoms with E-state index in [0.29, 0.717) is 18.7 Å². The van der Waals surface area contributed by atoms with Crippen molar-refractivity contribution >= 4 is 29.2 Å². The van der Waals surface area contributed by atoms with Crippen molar-refractivity contribution in [2.45, 2.75) is 53.9 Å². The minimum absolute atomic E-state index is 0.00365. The molecule has 0 saturated carbocycles. The van der Waals surface area contributed by atoms with Gasteiger partial charge in [0, 0.05) is 24.2 Å².